The molecule has 6 nitrogen and oxygen atoms in total. The smallest absolute Gasteiger partial charge is 0.333 e. The van der Waals surface area contributed by atoms with Gasteiger partial charge in [0.2, 0.25) is 11.2 Å². The van der Waals surface area contributed by atoms with Crippen molar-refractivity contribution in [2.45, 2.75) is 25.5 Å². The summed E-state index contributed by atoms with van der Waals surface area (Å²) in [5.41, 5.74) is 0.914. The number of hydrogen-bond donors (Lipinski definition) is 1. The molecule has 0 aromatic heterocycles. The molecule has 0 aliphatic carbocycles. The lowest BCUT2D eigenvalue weighted by Gasteiger charge is -2.35. The summed E-state index contributed by atoms with van der Waals surface area (Å²) in [7, 11) is -1.52. The lowest BCUT2D eigenvalue weighted by atomic mass is 10.1. The summed E-state index contributed by atoms with van der Waals surface area (Å²) in [6.07, 6.45) is 3.42. The minimum Gasteiger partial charge on any atom is -0.333 e. The summed E-state index contributed by atoms with van der Waals surface area (Å²) in [5, 5.41) is 0.712. The molecule has 0 fully saturated rings. The lowest BCUT2D eigenvalue weighted by molar-refractivity contribution is -0.127. The van der Waals surface area contributed by atoms with Crippen LogP contribution in [0.2, 0.25) is 0 Å². The van der Waals surface area contributed by atoms with Crippen LogP contribution < -0.4 is 5.32 Å². The first kappa shape index (κ1) is 19.3. The van der Waals surface area contributed by atoms with E-state index in [9.17, 15) is 14.2 Å². The van der Waals surface area contributed by atoms with Gasteiger partial charge in [0.15, 0.2) is 5.78 Å². The van der Waals surface area contributed by atoms with Gasteiger partial charge in [0.1, 0.15) is 0 Å². The van der Waals surface area contributed by atoms with Gasteiger partial charge in [-0.25, -0.2) is 0 Å². The maximum absolute atomic E-state index is 12.9. The highest BCUT2D eigenvalue weighted by Crippen LogP contribution is 2.59. The molecule has 1 amide bonds. The van der Waals surface area contributed by atoms with Crippen molar-refractivity contribution in [1.82, 2.24) is 5.32 Å². The van der Waals surface area contributed by atoms with Crippen LogP contribution in [-0.4, -0.2) is 31.2 Å². The number of hydrogen-bond acceptors (Lipinski definition) is 5. The molecule has 0 aliphatic rings. The number of amides is 1. The zero-order chi connectivity index (χ0) is 17.5. The zero-order valence-electron chi connectivity index (χ0n) is 13.7. The third-order valence-electron chi connectivity index (χ3n) is 3.44. The van der Waals surface area contributed by atoms with E-state index in [0.717, 1.165) is 5.56 Å². The average molecular weight is 339 g/mol. The van der Waals surface area contributed by atoms with E-state index < -0.39 is 24.6 Å². The lowest BCUT2D eigenvalue weighted by Crippen LogP contribution is -2.53. The van der Waals surface area contributed by atoms with Gasteiger partial charge in [0.05, 0.1) is 0 Å². The second-order valence-electron chi connectivity index (χ2n) is 4.98. The van der Waals surface area contributed by atoms with Gasteiger partial charge in [-0.2, -0.15) is 0 Å². The molecule has 0 aliphatic heterocycles. The largest absolute Gasteiger partial charge is 0.363 e. The molecule has 1 aromatic rings. The molecular weight excluding hydrogens is 317 g/mol. The number of nitrogens with one attached hydrogen (secondary N) is 1. The summed E-state index contributed by atoms with van der Waals surface area (Å²) in [6, 6.07) is 9.41. The summed E-state index contributed by atoms with van der Waals surface area (Å²) >= 11 is 0. The molecule has 126 valence electrons. The highest BCUT2D eigenvalue weighted by molar-refractivity contribution is 7.56. The number of carbonyl (C=O) groups is 2. The molecule has 1 N–H and O–H groups in total. The van der Waals surface area contributed by atoms with Gasteiger partial charge in [-0.05, 0) is 12.5 Å². The number of carbonyl (C=O) groups excluding carboxylic acids is 2. The Hall–Kier alpha value is -1.75. The average Bonchev–Trinajstić information content (AvgIpc) is 2.53. The second-order valence-corrected chi connectivity index (χ2v) is 7.47. The van der Waals surface area contributed by atoms with E-state index in [2.05, 4.69) is 5.32 Å². The normalized spacial score (nSPS) is 14.4. The summed E-state index contributed by atoms with van der Waals surface area (Å²) in [5.74, 6) is -1.000. The Labute approximate surface area is 136 Å². The first-order valence-electron chi connectivity index (χ1n) is 7.04. The Bertz CT molecular complexity index is 621. The number of Topliss-reactive ketones (excluding diaryl/α,β-unsaturated/α-hetero) is 1. The van der Waals surface area contributed by atoms with Crippen molar-refractivity contribution in [1.29, 1.82) is 0 Å². The van der Waals surface area contributed by atoms with Crippen molar-refractivity contribution < 1.29 is 23.2 Å². The van der Waals surface area contributed by atoms with Crippen LogP contribution >= 0.6 is 7.60 Å². The van der Waals surface area contributed by atoms with E-state index in [0.29, 0.717) is 0 Å². The highest BCUT2D eigenvalue weighted by atomic mass is 31.2. The molecule has 0 radical (unpaired) electrons. The minimum absolute atomic E-state index is 0.0181. The van der Waals surface area contributed by atoms with Gasteiger partial charge in [0.25, 0.3) is 0 Å². The van der Waals surface area contributed by atoms with E-state index >= 15 is 0 Å². The van der Waals surface area contributed by atoms with E-state index in [1.807, 2.05) is 30.3 Å². The van der Waals surface area contributed by atoms with Crippen molar-refractivity contribution in [3.05, 3.63) is 42.0 Å². The molecule has 7 heteroatoms. The van der Waals surface area contributed by atoms with Crippen molar-refractivity contribution in [2.75, 3.05) is 14.2 Å². The molecule has 0 spiro atoms. The fraction of sp³-hybridized carbons (Fsp3) is 0.375. The molecule has 1 atom stereocenters. The second kappa shape index (κ2) is 8.20. The summed E-state index contributed by atoms with van der Waals surface area (Å²) < 4.78 is 22.8. The highest BCUT2D eigenvalue weighted by Gasteiger charge is 2.54. The SMILES string of the molecule is COP(=O)(OC)[C@](C/C=C\c1ccccc1)(NC(C)=O)C(C)=O. The third-order valence-corrected chi connectivity index (χ3v) is 5.94. The van der Waals surface area contributed by atoms with E-state index in [4.69, 9.17) is 9.05 Å². The Morgan fingerprint density at radius 3 is 2.17 bits per heavy atom. The molecule has 0 saturated heterocycles. The third kappa shape index (κ3) is 4.38. The predicted molar refractivity (Wildman–Crippen MR) is 88.9 cm³/mol. The maximum atomic E-state index is 12.9. The first-order valence-corrected chi connectivity index (χ1v) is 8.58. The maximum Gasteiger partial charge on any atom is 0.363 e. The van der Waals surface area contributed by atoms with Gasteiger partial charge in [-0.15, -0.1) is 0 Å². The molecule has 0 unspecified atom stereocenters. The molecular formula is C16H22NO5P. The molecule has 0 heterocycles. The van der Waals surface area contributed by atoms with Crippen LogP contribution in [0, 0.1) is 0 Å². The van der Waals surface area contributed by atoms with Crippen molar-refractivity contribution in [3.63, 3.8) is 0 Å². The predicted octanol–water partition coefficient (Wildman–Crippen LogP) is 3.00. The zero-order valence-corrected chi connectivity index (χ0v) is 14.6. The van der Waals surface area contributed by atoms with Gasteiger partial charge in [-0.3, -0.25) is 14.2 Å². The fourth-order valence-corrected chi connectivity index (χ4v) is 4.04. The van der Waals surface area contributed by atoms with Crippen LogP contribution in [0.4, 0.5) is 0 Å². The quantitative estimate of drug-likeness (QED) is 0.736. The Morgan fingerprint density at radius 1 is 1.17 bits per heavy atom. The first-order chi connectivity index (χ1) is 10.8. The minimum atomic E-state index is -3.89. The number of benzene rings is 1. The number of rotatable bonds is 8. The monoisotopic (exact) mass is 339 g/mol. The van der Waals surface area contributed by atoms with Crippen LogP contribution in [0.25, 0.3) is 6.08 Å². The van der Waals surface area contributed by atoms with Crippen molar-refractivity contribution >= 4 is 25.4 Å². The van der Waals surface area contributed by atoms with E-state index in [1.165, 1.54) is 28.1 Å². The summed E-state index contributed by atoms with van der Waals surface area (Å²) in [4.78, 5) is 23.8. The van der Waals surface area contributed by atoms with E-state index in [1.54, 1.807) is 12.2 Å². The van der Waals surface area contributed by atoms with Crippen LogP contribution in [-0.2, 0) is 23.2 Å². The van der Waals surface area contributed by atoms with Gasteiger partial charge in [0, 0.05) is 27.6 Å². The standard InChI is InChI=1S/C16H22NO5P/c1-13(18)16(17-14(2)19,23(20,21-3)22-4)12-8-11-15-9-6-5-7-10-15/h5-11H,12H2,1-4H3,(H,17,19)/b11-8-/t16-/m0/s1. The van der Waals surface area contributed by atoms with Gasteiger partial charge >= 0.3 is 7.60 Å². The molecule has 1 aromatic carbocycles. The van der Waals surface area contributed by atoms with Crippen LogP contribution in [0.5, 0.6) is 0 Å². The summed E-state index contributed by atoms with van der Waals surface area (Å²) in [6.45, 7) is 2.49. The topological polar surface area (TPSA) is 81.7 Å². The van der Waals surface area contributed by atoms with Crippen LogP contribution in [0.3, 0.4) is 0 Å². The van der Waals surface area contributed by atoms with Crippen LogP contribution in [0.1, 0.15) is 25.8 Å². The van der Waals surface area contributed by atoms with Crippen molar-refractivity contribution in [3.8, 4) is 0 Å². The van der Waals surface area contributed by atoms with Gasteiger partial charge < -0.3 is 14.4 Å². The Balaban J connectivity index is 3.22. The Morgan fingerprint density at radius 2 is 1.74 bits per heavy atom. The Kier molecular flexibility index (Phi) is 6.88. The molecule has 0 bridgehead atoms. The molecule has 0 saturated carbocycles. The molecule has 23 heavy (non-hydrogen) atoms. The van der Waals surface area contributed by atoms with E-state index in [-0.39, 0.29) is 6.42 Å². The van der Waals surface area contributed by atoms with Crippen molar-refractivity contribution in [2.24, 2.45) is 0 Å². The van der Waals surface area contributed by atoms with Crippen LogP contribution in [0.15, 0.2) is 36.4 Å². The molecule has 1 rings (SSSR count). The van der Waals surface area contributed by atoms with Gasteiger partial charge in [-0.1, -0.05) is 42.5 Å². The fourth-order valence-electron chi connectivity index (χ4n) is 2.26. The number of ketones is 1.